The van der Waals surface area contributed by atoms with Crippen LogP contribution in [0.4, 0.5) is 20.3 Å². The number of benzene rings is 1. The van der Waals surface area contributed by atoms with E-state index in [4.69, 9.17) is 0 Å². The van der Waals surface area contributed by atoms with Gasteiger partial charge in [-0.1, -0.05) is 0 Å². The Balaban J connectivity index is 1.91. The molecule has 0 radical (unpaired) electrons. The zero-order valence-corrected chi connectivity index (χ0v) is 19.4. The Hall–Kier alpha value is -3.61. The highest BCUT2D eigenvalue weighted by molar-refractivity contribution is 7.89. The van der Waals surface area contributed by atoms with Gasteiger partial charge in [-0.05, 0) is 23.3 Å². The number of anilines is 2. The predicted molar refractivity (Wildman–Crippen MR) is 125 cm³/mol. The van der Waals surface area contributed by atoms with Crippen molar-refractivity contribution in [2.75, 3.05) is 11.2 Å². The topological polar surface area (TPSA) is 129 Å². The van der Waals surface area contributed by atoms with Crippen LogP contribution in [-0.2, 0) is 29.2 Å². The molecule has 3 aromatic heterocycles. The minimum absolute atomic E-state index is 0.00903. The first-order valence-electron chi connectivity index (χ1n) is 10.4. The molecule has 1 aliphatic rings. The standard InChI is InChI=1S/C23H20F2N4O5S/c1-28-9-16-15-3-11(10-35(2,33)34)14(23(31)32)5-18(15)29(21-17(25)4-13(24)7-27-21)8-12-6-26-20(19(12)16)22(28)30/h3-7,9,23,26,31-32H,8,10H2,1-2H3. The van der Waals surface area contributed by atoms with Gasteiger partial charge in [0.25, 0.3) is 5.56 Å². The van der Waals surface area contributed by atoms with Gasteiger partial charge in [0.15, 0.2) is 27.8 Å². The Morgan fingerprint density at radius 3 is 2.60 bits per heavy atom. The summed E-state index contributed by atoms with van der Waals surface area (Å²) in [6.07, 6.45) is 3.05. The molecule has 0 unspecified atom stereocenters. The number of aromatic amines is 1. The Bertz CT molecular complexity index is 1680. The number of aromatic nitrogens is 3. The maximum Gasteiger partial charge on any atom is 0.274 e. The van der Waals surface area contributed by atoms with Crippen molar-refractivity contribution in [3.8, 4) is 11.1 Å². The summed E-state index contributed by atoms with van der Waals surface area (Å²) in [4.78, 5) is 21.1. The van der Waals surface area contributed by atoms with E-state index >= 15 is 0 Å². The molecule has 35 heavy (non-hydrogen) atoms. The summed E-state index contributed by atoms with van der Waals surface area (Å²) in [6, 6.07) is 3.53. The molecule has 9 nitrogen and oxygen atoms in total. The molecule has 0 aliphatic carbocycles. The highest BCUT2D eigenvalue weighted by Crippen LogP contribution is 2.45. The van der Waals surface area contributed by atoms with Gasteiger partial charge in [0.1, 0.15) is 11.3 Å². The number of rotatable bonds is 4. The van der Waals surface area contributed by atoms with Gasteiger partial charge in [0.2, 0.25) is 0 Å². The quantitative estimate of drug-likeness (QED) is 0.366. The number of H-pyrrole nitrogens is 1. The van der Waals surface area contributed by atoms with Crippen LogP contribution < -0.4 is 10.5 Å². The number of nitrogens with zero attached hydrogens (tertiary/aromatic N) is 3. The first-order chi connectivity index (χ1) is 16.4. The van der Waals surface area contributed by atoms with Gasteiger partial charge in [-0.15, -0.1) is 0 Å². The maximum absolute atomic E-state index is 14.9. The van der Waals surface area contributed by atoms with Gasteiger partial charge in [-0.25, -0.2) is 22.2 Å². The van der Waals surface area contributed by atoms with Crippen LogP contribution in [0.25, 0.3) is 22.0 Å². The lowest BCUT2D eigenvalue weighted by atomic mass is 9.96. The zero-order valence-electron chi connectivity index (χ0n) is 18.6. The Morgan fingerprint density at radius 2 is 1.94 bits per heavy atom. The number of halogens is 2. The number of fused-ring (bicyclic) bond motifs is 2. The SMILES string of the molecule is Cn1cc2c3c(c[nH]c3c1=O)CN(c1ncc(F)cc1F)c1cc(C(O)O)c(CS(C)(=O)=O)cc1-2. The summed E-state index contributed by atoms with van der Waals surface area (Å²) in [7, 11) is -2.01. The van der Waals surface area contributed by atoms with E-state index < -0.39 is 33.5 Å². The molecular formula is C23H20F2N4O5S. The van der Waals surface area contributed by atoms with Crippen molar-refractivity contribution in [3.05, 3.63) is 75.5 Å². The van der Waals surface area contributed by atoms with Gasteiger partial charge in [-0.3, -0.25) is 4.79 Å². The summed E-state index contributed by atoms with van der Waals surface area (Å²) in [5.74, 6) is -2.52. The van der Waals surface area contributed by atoms with Crippen LogP contribution in [0.5, 0.6) is 0 Å². The first kappa shape index (κ1) is 23.1. The molecule has 182 valence electrons. The second-order valence-electron chi connectivity index (χ2n) is 8.58. The molecule has 5 rings (SSSR count). The third kappa shape index (κ3) is 3.89. The molecule has 0 amide bonds. The van der Waals surface area contributed by atoms with Crippen molar-refractivity contribution < 1.29 is 27.4 Å². The van der Waals surface area contributed by atoms with Crippen LogP contribution in [0.1, 0.15) is 23.0 Å². The fraction of sp³-hybridized carbons (Fsp3) is 0.217. The van der Waals surface area contributed by atoms with E-state index in [-0.39, 0.29) is 34.7 Å². The molecule has 12 heteroatoms. The summed E-state index contributed by atoms with van der Waals surface area (Å²) in [5.41, 5.74) is 1.91. The van der Waals surface area contributed by atoms with Crippen LogP contribution in [0.15, 0.2) is 41.6 Å². The number of aryl methyl sites for hydroxylation is 1. The van der Waals surface area contributed by atoms with Gasteiger partial charge >= 0.3 is 0 Å². The summed E-state index contributed by atoms with van der Waals surface area (Å²) < 4.78 is 54.1. The Labute approximate surface area is 197 Å². The van der Waals surface area contributed by atoms with Crippen molar-refractivity contribution in [1.82, 2.24) is 14.5 Å². The molecule has 4 aromatic rings. The number of pyridine rings is 2. The fourth-order valence-corrected chi connectivity index (χ4v) is 5.36. The zero-order chi connectivity index (χ0) is 25.2. The number of sulfone groups is 1. The Kier molecular flexibility index (Phi) is 5.27. The third-order valence-corrected chi connectivity index (χ3v) is 6.83. The summed E-state index contributed by atoms with van der Waals surface area (Å²) in [5, 5.41) is 20.6. The van der Waals surface area contributed by atoms with Crippen LogP contribution in [-0.4, -0.2) is 39.4 Å². The lowest BCUT2D eigenvalue weighted by Crippen LogP contribution is -2.20. The van der Waals surface area contributed by atoms with E-state index in [1.54, 1.807) is 19.4 Å². The van der Waals surface area contributed by atoms with E-state index in [0.29, 0.717) is 33.7 Å². The second-order valence-corrected chi connectivity index (χ2v) is 10.7. The van der Waals surface area contributed by atoms with Crippen molar-refractivity contribution in [2.24, 2.45) is 7.05 Å². The van der Waals surface area contributed by atoms with E-state index in [1.165, 1.54) is 21.6 Å². The molecule has 0 bridgehead atoms. The van der Waals surface area contributed by atoms with Gasteiger partial charge < -0.3 is 24.7 Å². The van der Waals surface area contributed by atoms with Gasteiger partial charge in [0, 0.05) is 53.8 Å². The molecule has 0 fully saturated rings. The van der Waals surface area contributed by atoms with E-state index in [9.17, 15) is 32.2 Å². The lowest BCUT2D eigenvalue weighted by Gasteiger charge is -2.27. The average molecular weight is 502 g/mol. The molecule has 0 saturated heterocycles. The third-order valence-electron chi connectivity index (χ3n) is 6.00. The van der Waals surface area contributed by atoms with Crippen molar-refractivity contribution in [2.45, 2.75) is 18.6 Å². The van der Waals surface area contributed by atoms with E-state index in [2.05, 4.69) is 9.97 Å². The number of aliphatic hydroxyl groups excluding tert-OH is 1. The monoisotopic (exact) mass is 502 g/mol. The number of hydrogen-bond acceptors (Lipinski definition) is 7. The molecule has 4 heterocycles. The van der Waals surface area contributed by atoms with Crippen LogP contribution in [0, 0.1) is 11.6 Å². The van der Waals surface area contributed by atoms with Crippen molar-refractivity contribution >= 4 is 32.2 Å². The number of nitrogens with one attached hydrogen (secondary N) is 1. The maximum atomic E-state index is 14.9. The van der Waals surface area contributed by atoms with Crippen LogP contribution in [0.2, 0.25) is 0 Å². The first-order valence-corrected chi connectivity index (χ1v) is 12.5. The largest absolute Gasteiger partial charge is 0.364 e. The fourth-order valence-electron chi connectivity index (χ4n) is 4.55. The second kappa shape index (κ2) is 7.97. The minimum Gasteiger partial charge on any atom is -0.364 e. The van der Waals surface area contributed by atoms with E-state index in [0.717, 1.165) is 12.5 Å². The smallest absolute Gasteiger partial charge is 0.274 e. The highest BCUT2D eigenvalue weighted by atomic mass is 32.2. The molecule has 1 aliphatic heterocycles. The molecule has 0 saturated carbocycles. The predicted octanol–water partition coefficient (Wildman–Crippen LogP) is 2.39. The molecule has 3 N–H and O–H groups in total. The number of aliphatic hydroxyl groups is 2. The molecule has 0 atom stereocenters. The molecular weight excluding hydrogens is 482 g/mol. The van der Waals surface area contributed by atoms with E-state index in [1.807, 2.05) is 0 Å². The van der Waals surface area contributed by atoms with Crippen LogP contribution in [0.3, 0.4) is 0 Å². The van der Waals surface area contributed by atoms with Crippen molar-refractivity contribution in [3.63, 3.8) is 0 Å². The molecule has 1 aromatic carbocycles. The van der Waals surface area contributed by atoms with Crippen molar-refractivity contribution in [1.29, 1.82) is 0 Å². The molecule has 0 spiro atoms. The minimum atomic E-state index is -3.57. The highest BCUT2D eigenvalue weighted by Gasteiger charge is 2.30. The lowest BCUT2D eigenvalue weighted by molar-refractivity contribution is -0.0429. The normalized spacial score (nSPS) is 13.4. The van der Waals surface area contributed by atoms with Crippen LogP contribution >= 0.6 is 0 Å². The Morgan fingerprint density at radius 1 is 1.20 bits per heavy atom. The van der Waals surface area contributed by atoms with Gasteiger partial charge in [-0.2, -0.15) is 0 Å². The van der Waals surface area contributed by atoms with Gasteiger partial charge in [0.05, 0.1) is 24.2 Å². The number of hydrogen-bond donors (Lipinski definition) is 3. The average Bonchev–Trinajstić information content (AvgIpc) is 3.12. The summed E-state index contributed by atoms with van der Waals surface area (Å²) in [6.45, 7) is 0.00903. The summed E-state index contributed by atoms with van der Waals surface area (Å²) >= 11 is 0.